The lowest BCUT2D eigenvalue weighted by Crippen LogP contribution is -2.33. The third-order valence-corrected chi connectivity index (χ3v) is 3.16. The van der Waals surface area contributed by atoms with E-state index in [1.807, 2.05) is 13.1 Å². The van der Waals surface area contributed by atoms with Crippen LogP contribution in [0.15, 0.2) is 6.20 Å². The maximum absolute atomic E-state index is 5.53. The fourth-order valence-corrected chi connectivity index (χ4v) is 2.39. The van der Waals surface area contributed by atoms with Crippen molar-refractivity contribution >= 4 is 12.2 Å². The van der Waals surface area contributed by atoms with Gasteiger partial charge in [0, 0.05) is 24.5 Å². The molecule has 0 spiro atoms. The molecule has 0 bridgehead atoms. The minimum Gasteiger partial charge on any atom is -0.378 e. The summed E-state index contributed by atoms with van der Waals surface area (Å²) in [4.78, 5) is 3.07. The van der Waals surface area contributed by atoms with Crippen LogP contribution in [0.2, 0.25) is 0 Å². The molecule has 78 valence electrons. The highest BCUT2D eigenvalue weighted by Crippen LogP contribution is 2.35. The molecule has 1 saturated carbocycles. The predicted octanol–water partition coefficient (Wildman–Crippen LogP) is 2.59. The van der Waals surface area contributed by atoms with Gasteiger partial charge in [-0.25, -0.2) is 0 Å². The molecule has 0 saturated heterocycles. The number of hydrogen-bond donors (Lipinski definition) is 1. The molecule has 0 unspecified atom stereocenters. The zero-order valence-corrected chi connectivity index (χ0v) is 9.43. The highest BCUT2D eigenvalue weighted by molar-refractivity contribution is 7.71. The van der Waals surface area contributed by atoms with E-state index in [9.17, 15) is 0 Å². The SMILES string of the molecule is CCOC1CC(n2c(C)c[nH]c2=S)C1. The van der Waals surface area contributed by atoms with Crippen molar-refractivity contribution in [1.29, 1.82) is 0 Å². The fraction of sp³-hybridized carbons (Fsp3) is 0.700. The van der Waals surface area contributed by atoms with E-state index in [0.29, 0.717) is 12.1 Å². The van der Waals surface area contributed by atoms with E-state index in [-0.39, 0.29) is 0 Å². The smallest absolute Gasteiger partial charge is 0.177 e. The fourth-order valence-electron chi connectivity index (χ4n) is 2.04. The average molecular weight is 212 g/mol. The second kappa shape index (κ2) is 3.87. The number of nitrogens with one attached hydrogen (secondary N) is 1. The third-order valence-electron chi connectivity index (χ3n) is 2.84. The van der Waals surface area contributed by atoms with Gasteiger partial charge in [0.15, 0.2) is 4.77 Å². The number of rotatable bonds is 3. The van der Waals surface area contributed by atoms with Crippen LogP contribution in [-0.2, 0) is 4.74 Å². The minimum absolute atomic E-state index is 0.446. The van der Waals surface area contributed by atoms with Gasteiger partial charge in [0.25, 0.3) is 0 Å². The maximum Gasteiger partial charge on any atom is 0.177 e. The van der Waals surface area contributed by atoms with Crippen LogP contribution < -0.4 is 0 Å². The average Bonchev–Trinajstić information content (AvgIpc) is 2.40. The third kappa shape index (κ3) is 1.64. The van der Waals surface area contributed by atoms with Gasteiger partial charge in [0.05, 0.1) is 6.10 Å². The molecule has 1 heterocycles. The lowest BCUT2D eigenvalue weighted by atomic mass is 9.89. The summed E-state index contributed by atoms with van der Waals surface area (Å²) < 4.78 is 8.56. The largest absolute Gasteiger partial charge is 0.378 e. The van der Waals surface area contributed by atoms with Crippen LogP contribution >= 0.6 is 12.2 Å². The Kier molecular flexibility index (Phi) is 2.74. The van der Waals surface area contributed by atoms with E-state index in [4.69, 9.17) is 17.0 Å². The molecule has 4 heteroatoms. The molecule has 0 amide bonds. The summed E-state index contributed by atoms with van der Waals surface area (Å²) >= 11 is 5.22. The van der Waals surface area contributed by atoms with Crippen LogP contribution in [0.4, 0.5) is 0 Å². The Hall–Kier alpha value is -0.610. The first kappa shape index (κ1) is 9.93. The molecule has 0 atom stereocenters. The molecule has 14 heavy (non-hydrogen) atoms. The molecule has 1 aliphatic carbocycles. The second-order valence-electron chi connectivity index (χ2n) is 3.81. The lowest BCUT2D eigenvalue weighted by Gasteiger charge is -2.36. The zero-order chi connectivity index (χ0) is 10.1. The van der Waals surface area contributed by atoms with Gasteiger partial charge in [-0.2, -0.15) is 0 Å². The van der Waals surface area contributed by atoms with Gasteiger partial charge in [0.2, 0.25) is 0 Å². The molecular formula is C10H16N2OS. The first-order chi connectivity index (χ1) is 6.72. The summed E-state index contributed by atoms with van der Waals surface area (Å²) in [5, 5.41) is 0. The summed E-state index contributed by atoms with van der Waals surface area (Å²) in [5.74, 6) is 0. The Morgan fingerprint density at radius 3 is 2.86 bits per heavy atom. The van der Waals surface area contributed by atoms with Crippen LogP contribution in [0.1, 0.15) is 31.5 Å². The molecule has 3 nitrogen and oxygen atoms in total. The first-order valence-corrected chi connectivity index (χ1v) is 5.51. The lowest BCUT2D eigenvalue weighted by molar-refractivity contribution is -0.0204. The van der Waals surface area contributed by atoms with Gasteiger partial charge in [-0.15, -0.1) is 0 Å². The standard InChI is InChI=1S/C10H16N2OS/c1-3-13-9-4-8(5-9)12-7(2)6-11-10(12)14/h6,8-9H,3-5H2,1-2H3,(H,11,14). The molecule has 1 aromatic heterocycles. The van der Waals surface area contributed by atoms with E-state index < -0.39 is 0 Å². The van der Waals surface area contributed by atoms with Crippen molar-refractivity contribution in [1.82, 2.24) is 9.55 Å². The molecule has 0 aromatic carbocycles. The number of imidazole rings is 1. The predicted molar refractivity (Wildman–Crippen MR) is 58.0 cm³/mol. The van der Waals surface area contributed by atoms with Crippen molar-refractivity contribution in [3.05, 3.63) is 16.7 Å². The van der Waals surface area contributed by atoms with Crippen molar-refractivity contribution in [3.8, 4) is 0 Å². The monoisotopic (exact) mass is 212 g/mol. The molecule has 1 N–H and O–H groups in total. The number of aryl methyl sites for hydroxylation is 1. The summed E-state index contributed by atoms with van der Waals surface area (Å²) in [6.45, 7) is 4.94. The number of aromatic nitrogens is 2. The van der Waals surface area contributed by atoms with Gasteiger partial charge < -0.3 is 14.3 Å². The molecule has 1 aromatic rings. The Balaban J connectivity index is 2.03. The van der Waals surface area contributed by atoms with Crippen LogP contribution in [-0.4, -0.2) is 22.3 Å². The Labute approximate surface area is 89.1 Å². The van der Waals surface area contributed by atoms with Crippen LogP contribution in [0.5, 0.6) is 0 Å². The number of nitrogens with zero attached hydrogens (tertiary/aromatic N) is 1. The first-order valence-electron chi connectivity index (χ1n) is 5.10. The van der Waals surface area contributed by atoms with Gasteiger partial charge in [0.1, 0.15) is 0 Å². The normalized spacial score (nSPS) is 26.1. The van der Waals surface area contributed by atoms with E-state index in [2.05, 4.69) is 16.5 Å². The summed E-state index contributed by atoms with van der Waals surface area (Å²) in [6, 6.07) is 0.547. The molecule has 1 fully saturated rings. The van der Waals surface area contributed by atoms with Crippen LogP contribution in [0.25, 0.3) is 0 Å². The summed E-state index contributed by atoms with van der Waals surface area (Å²) in [6.07, 6.45) is 4.61. The molecule has 2 rings (SSSR count). The minimum atomic E-state index is 0.446. The van der Waals surface area contributed by atoms with Crippen molar-refractivity contribution in [3.63, 3.8) is 0 Å². The van der Waals surface area contributed by atoms with Crippen molar-refractivity contribution in [2.24, 2.45) is 0 Å². The van der Waals surface area contributed by atoms with Crippen LogP contribution in [0, 0.1) is 11.7 Å². The van der Waals surface area contributed by atoms with Gasteiger partial charge in [-0.1, -0.05) is 0 Å². The molecule has 0 radical (unpaired) electrons. The number of aromatic amines is 1. The topological polar surface area (TPSA) is 29.9 Å². The number of ether oxygens (including phenoxy) is 1. The summed E-state index contributed by atoms with van der Waals surface area (Å²) in [5.41, 5.74) is 1.22. The van der Waals surface area contributed by atoms with Gasteiger partial charge >= 0.3 is 0 Å². The molecule has 1 aliphatic rings. The zero-order valence-electron chi connectivity index (χ0n) is 8.62. The summed E-state index contributed by atoms with van der Waals surface area (Å²) in [7, 11) is 0. The molecular weight excluding hydrogens is 196 g/mol. The van der Waals surface area contributed by atoms with E-state index in [1.165, 1.54) is 5.69 Å². The van der Waals surface area contributed by atoms with Crippen molar-refractivity contribution in [2.45, 2.75) is 38.8 Å². The number of H-pyrrole nitrogens is 1. The highest BCUT2D eigenvalue weighted by atomic mass is 32.1. The second-order valence-corrected chi connectivity index (χ2v) is 4.19. The van der Waals surface area contributed by atoms with Crippen molar-refractivity contribution < 1.29 is 4.74 Å². The van der Waals surface area contributed by atoms with Crippen molar-refractivity contribution in [2.75, 3.05) is 6.61 Å². The van der Waals surface area contributed by atoms with E-state index in [0.717, 1.165) is 24.2 Å². The maximum atomic E-state index is 5.53. The quantitative estimate of drug-likeness (QED) is 0.780. The Morgan fingerprint density at radius 2 is 2.36 bits per heavy atom. The van der Waals surface area contributed by atoms with Crippen LogP contribution in [0.3, 0.4) is 0 Å². The van der Waals surface area contributed by atoms with Gasteiger partial charge in [-0.3, -0.25) is 0 Å². The van der Waals surface area contributed by atoms with E-state index in [1.54, 1.807) is 0 Å². The molecule has 0 aliphatic heterocycles. The van der Waals surface area contributed by atoms with Gasteiger partial charge in [-0.05, 0) is 38.9 Å². The highest BCUT2D eigenvalue weighted by Gasteiger charge is 2.31. The Morgan fingerprint density at radius 1 is 1.64 bits per heavy atom. The Bertz CT molecular complexity index is 362. The van der Waals surface area contributed by atoms with E-state index >= 15 is 0 Å². The number of hydrogen-bond acceptors (Lipinski definition) is 2.